The summed E-state index contributed by atoms with van der Waals surface area (Å²) in [4.78, 5) is 18.7. The lowest BCUT2D eigenvalue weighted by molar-refractivity contribution is -0.132. The van der Waals surface area contributed by atoms with Gasteiger partial charge in [-0.15, -0.1) is 0 Å². The van der Waals surface area contributed by atoms with Crippen LogP contribution in [0.2, 0.25) is 0 Å². The molecular weight excluding hydrogens is 415 g/mol. The van der Waals surface area contributed by atoms with Crippen LogP contribution in [0.4, 0.5) is 4.39 Å². The molecule has 0 bridgehead atoms. The molecule has 1 aliphatic rings. The number of nitrogens with zero attached hydrogens (tertiary/aromatic N) is 2. The van der Waals surface area contributed by atoms with Gasteiger partial charge in [-0.05, 0) is 52.6 Å². The van der Waals surface area contributed by atoms with Gasteiger partial charge in [0.25, 0.3) is 0 Å². The molecule has 4 rings (SSSR count). The van der Waals surface area contributed by atoms with Crippen molar-refractivity contribution in [2.75, 3.05) is 5.75 Å². The van der Waals surface area contributed by atoms with Crippen LogP contribution in [0.5, 0.6) is 0 Å². The molecule has 0 N–H and O–H groups in total. The van der Waals surface area contributed by atoms with Crippen LogP contribution in [0.1, 0.15) is 11.1 Å². The minimum absolute atomic E-state index is 0.104. The van der Waals surface area contributed by atoms with Crippen molar-refractivity contribution >= 4 is 15.7 Å². The van der Waals surface area contributed by atoms with Gasteiger partial charge in [-0.25, -0.2) is 12.8 Å². The number of sulfone groups is 1. The molecule has 0 aliphatic carbocycles. The second-order valence-corrected chi connectivity index (χ2v) is 9.41. The SMILES string of the molecule is O=C(Cc1ccc(-c2ccc(F)cc2)cc1)N(Cc1ccncc1)C1C=CS(=O)(=O)C1. The lowest BCUT2D eigenvalue weighted by atomic mass is 10.0. The molecule has 0 fully saturated rings. The maximum atomic E-state index is 13.1. The van der Waals surface area contributed by atoms with Gasteiger partial charge in [0.1, 0.15) is 5.82 Å². The van der Waals surface area contributed by atoms with Crippen molar-refractivity contribution in [2.45, 2.75) is 19.0 Å². The van der Waals surface area contributed by atoms with Crippen LogP contribution in [-0.4, -0.2) is 36.0 Å². The van der Waals surface area contributed by atoms with Gasteiger partial charge in [-0.1, -0.05) is 36.4 Å². The number of carbonyl (C=O) groups is 1. The van der Waals surface area contributed by atoms with Gasteiger partial charge in [0.05, 0.1) is 18.2 Å². The van der Waals surface area contributed by atoms with Crippen molar-refractivity contribution < 1.29 is 17.6 Å². The quantitative estimate of drug-likeness (QED) is 0.590. The Labute approximate surface area is 180 Å². The third kappa shape index (κ3) is 5.24. The predicted octanol–water partition coefficient (Wildman–Crippen LogP) is 3.77. The predicted molar refractivity (Wildman–Crippen MR) is 117 cm³/mol. The summed E-state index contributed by atoms with van der Waals surface area (Å²) in [5.41, 5.74) is 3.52. The summed E-state index contributed by atoms with van der Waals surface area (Å²) >= 11 is 0. The molecule has 31 heavy (non-hydrogen) atoms. The van der Waals surface area contributed by atoms with Gasteiger partial charge >= 0.3 is 0 Å². The molecule has 0 saturated carbocycles. The van der Waals surface area contributed by atoms with Gasteiger partial charge in [-0.2, -0.15) is 0 Å². The largest absolute Gasteiger partial charge is 0.331 e. The molecule has 5 nitrogen and oxygen atoms in total. The molecule has 158 valence electrons. The number of benzene rings is 2. The molecule has 0 radical (unpaired) electrons. The van der Waals surface area contributed by atoms with Crippen molar-refractivity contribution in [3.63, 3.8) is 0 Å². The summed E-state index contributed by atoms with van der Waals surface area (Å²) < 4.78 is 37.0. The number of hydrogen-bond donors (Lipinski definition) is 0. The zero-order chi connectivity index (χ0) is 21.8. The topological polar surface area (TPSA) is 67.3 Å². The van der Waals surface area contributed by atoms with E-state index >= 15 is 0 Å². The molecule has 2 aromatic carbocycles. The first-order chi connectivity index (χ1) is 14.9. The van der Waals surface area contributed by atoms with E-state index in [9.17, 15) is 17.6 Å². The Morgan fingerprint density at radius 3 is 2.13 bits per heavy atom. The van der Waals surface area contributed by atoms with E-state index in [1.54, 1.807) is 35.5 Å². The fraction of sp³-hybridized carbons (Fsp3) is 0.167. The number of halogens is 1. The standard InChI is InChI=1S/C24H21FN2O3S/c25-22-7-5-21(6-8-22)20-3-1-18(2-4-20)15-24(28)27(16-19-9-12-26-13-10-19)23-11-14-31(29,30)17-23/h1-14,23H,15-17H2. The molecule has 0 saturated heterocycles. The molecule has 1 amide bonds. The summed E-state index contributed by atoms with van der Waals surface area (Å²) in [7, 11) is -3.29. The van der Waals surface area contributed by atoms with E-state index in [4.69, 9.17) is 0 Å². The molecule has 2 heterocycles. The van der Waals surface area contributed by atoms with Crippen molar-refractivity contribution in [1.82, 2.24) is 9.88 Å². The molecular formula is C24H21FN2O3S. The number of carbonyl (C=O) groups excluding carboxylic acids is 1. The van der Waals surface area contributed by atoms with Gasteiger partial charge < -0.3 is 4.90 Å². The number of aromatic nitrogens is 1. The minimum Gasteiger partial charge on any atom is -0.331 e. The van der Waals surface area contributed by atoms with Crippen molar-refractivity contribution in [3.05, 3.63) is 101 Å². The lowest BCUT2D eigenvalue weighted by Gasteiger charge is -2.28. The van der Waals surface area contributed by atoms with Crippen LogP contribution >= 0.6 is 0 Å². The Morgan fingerprint density at radius 1 is 0.935 bits per heavy atom. The van der Waals surface area contributed by atoms with Crippen LogP contribution in [0.3, 0.4) is 0 Å². The van der Waals surface area contributed by atoms with Crippen LogP contribution in [0.15, 0.2) is 84.5 Å². The highest BCUT2D eigenvalue weighted by Gasteiger charge is 2.30. The number of pyridine rings is 1. The fourth-order valence-electron chi connectivity index (χ4n) is 3.56. The van der Waals surface area contributed by atoms with E-state index in [0.717, 1.165) is 22.3 Å². The van der Waals surface area contributed by atoms with E-state index in [0.29, 0.717) is 6.54 Å². The Hall–Kier alpha value is -3.32. The normalized spacial score (nSPS) is 16.9. The number of rotatable bonds is 6. The number of hydrogen-bond acceptors (Lipinski definition) is 4. The van der Waals surface area contributed by atoms with Crippen LogP contribution < -0.4 is 0 Å². The van der Waals surface area contributed by atoms with E-state index in [2.05, 4.69) is 4.98 Å². The summed E-state index contributed by atoms with van der Waals surface area (Å²) in [6.45, 7) is 0.305. The van der Waals surface area contributed by atoms with Crippen molar-refractivity contribution in [3.8, 4) is 11.1 Å². The van der Waals surface area contributed by atoms with Gasteiger partial charge in [-0.3, -0.25) is 9.78 Å². The van der Waals surface area contributed by atoms with Crippen LogP contribution in [-0.2, 0) is 27.6 Å². The van der Waals surface area contributed by atoms with Crippen LogP contribution in [0.25, 0.3) is 11.1 Å². The Morgan fingerprint density at radius 2 is 1.55 bits per heavy atom. The molecule has 1 aromatic heterocycles. The summed E-state index contributed by atoms with van der Waals surface area (Å²) in [5.74, 6) is -0.547. The van der Waals surface area contributed by atoms with E-state index < -0.39 is 15.9 Å². The second-order valence-electron chi connectivity index (χ2n) is 7.48. The van der Waals surface area contributed by atoms with Crippen molar-refractivity contribution in [2.24, 2.45) is 0 Å². The Balaban J connectivity index is 1.51. The average molecular weight is 437 g/mol. The highest BCUT2D eigenvalue weighted by molar-refractivity contribution is 7.94. The van der Waals surface area contributed by atoms with Crippen molar-refractivity contribution in [1.29, 1.82) is 0 Å². The fourth-order valence-corrected chi connectivity index (χ4v) is 4.86. The van der Waals surface area contributed by atoms with Crippen LogP contribution in [0, 0.1) is 5.82 Å². The van der Waals surface area contributed by atoms with E-state index in [1.165, 1.54) is 17.5 Å². The first-order valence-corrected chi connectivity index (χ1v) is 11.6. The summed E-state index contributed by atoms with van der Waals surface area (Å²) in [6, 6.07) is 16.9. The first kappa shape index (κ1) is 20.9. The molecule has 0 spiro atoms. The summed E-state index contributed by atoms with van der Waals surface area (Å²) in [6.07, 6.45) is 5.02. The average Bonchev–Trinajstić information content (AvgIpc) is 3.13. The van der Waals surface area contributed by atoms with Gasteiger partial charge in [0.2, 0.25) is 5.91 Å². The minimum atomic E-state index is -3.29. The highest BCUT2D eigenvalue weighted by atomic mass is 32.2. The molecule has 1 atom stereocenters. The third-order valence-corrected chi connectivity index (χ3v) is 6.60. The van der Waals surface area contributed by atoms with E-state index in [1.807, 2.05) is 36.4 Å². The smallest absolute Gasteiger partial charge is 0.227 e. The Kier molecular flexibility index (Phi) is 5.95. The lowest BCUT2D eigenvalue weighted by Crippen LogP contribution is -2.41. The molecule has 1 unspecified atom stereocenters. The monoisotopic (exact) mass is 436 g/mol. The second kappa shape index (κ2) is 8.81. The molecule has 7 heteroatoms. The maximum absolute atomic E-state index is 13.1. The van der Waals surface area contributed by atoms with Gasteiger partial charge in [0.15, 0.2) is 9.84 Å². The maximum Gasteiger partial charge on any atom is 0.227 e. The summed E-state index contributed by atoms with van der Waals surface area (Å²) in [5, 5.41) is 1.18. The molecule has 1 aliphatic heterocycles. The van der Waals surface area contributed by atoms with E-state index in [-0.39, 0.29) is 23.9 Å². The third-order valence-electron chi connectivity index (χ3n) is 5.22. The Bertz CT molecular complexity index is 1190. The molecule has 3 aromatic rings. The zero-order valence-electron chi connectivity index (χ0n) is 16.7. The first-order valence-electron chi connectivity index (χ1n) is 9.84. The number of amides is 1. The highest BCUT2D eigenvalue weighted by Crippen LogP contribution is 2.22. The zero-order valence-corrected chi connectivity index (χ0v) is 17.5. The van der Waals surface area contributed by atoms with Gasteiger partial charge in [0, 0.05) is 24.3 Å².